The molecule has 0 N–H and O–H groups in total. The number of nitrogens with zero attached hydrogens (tertiary/aromatic N) is 1. The number of aryl methyl sites for hydroxylation is 1. The molecule has 0 saturated heterocycles. The average molecular weight is 303 g/mol. The van der Waals surface area contributed by atoms with Crippen molar-refractivity contribution in [1.29, 1.82) is 0 Å². The lowest BCUT2D eigenvalue weighted by atomic mass is 10.1. The highest BCUT2D eigenvalue weighted by Crippen LogP contribution is 2.35. The van der Waals surface area contributed by atoms with Crippen LogP contribution in [0, 0.1) is 6.92 Å². The summed E-state index contributed by atoms with van der Waals surface area (Å²) in [6, 6.07) is 5.67. The van der Waals surface area contributed by atoms with Crippen LogP contribution in [-0.2, 0) is 9.53 Å². The van der Waals surface area contributed by atoms with Crippen LogP contribution < -0.4 is 4.74 Å². The number of aromatic nitrogens is 1. The minimum absolute atomic E-state index is 0.0247. The van der Waals surface area contributed by atoms with E-state index in [0.29, 0.717) is 11.4 Å². The van der Waals surface area contributed by atoms with Crippen molar-refractivity contribution in [2.75, 3.05) is 13.7 Å². The van der Waals surface area contributed by atoms with Gasteiger partial charge < -0.3 is 14.0 Å². The molecule has 2 rings (SSSR count). The third-order valence-electron chi connectivity index (χ3n) is 3.65. The molecule has 118 valence electrons. The molecule has 0 aliphatic rings. The molecule has 0 aliphatic carbocycles. The monoisotopic (exact) mass is 303 g/mol. The van der Waals surface area contributed by atoms with Crippen LogP contribution >= 0.6 is 0 Å². The summed E-state index contributed by atoms with van der Waals surface area (Å²) in [7, 11) is 1.59. The lowest BCUT2D eigenvalue weighted by Crippen LogP contribution is -2.22. The Bertz CT molecular complexity index is 728. The van der Waals surface area contributed by atoms with Crippen molar-refractivity contribution in [2.45, 2.75) is 33.7 Å². The Hall–Kier alpha value is -2.30. The summed E-state index contributed by atoms with van der Waals surface area (Å²) < 4.78 is 12.1. The lowest BCUT2D eigenvalue weighted by Gasteiger charge is -2.14. The third kappa shape index (κ3) is 2.47. The molecule has 22 heavy (non-hydrogen) atoms. The van der Waals surface area contributed by atoms with Gasteiger partial charge in [-0.2, -0.15) is 0 Å². The molecule has 1 heterocycles. The van der Waals surface area contributed by atoms with E-state index in [1.807, 2.05) is 43.5 Å². The number of hydrogen-bond acceptors (Lipinski definition) is 4. The van der Waals surface area contributed by atoms with Gasteiger partial charge >= 0.3 is 5.97 Å². The second kappa shape index (κ2) is 6.22. The SMILES string of the molecule is CCOC(=O)C(=O)c1c(C)c2c(OC)cccc2n1C(C)C. The molecular weight excluding hydrogens is 282 g/mol. The number of hydrogen-bond donors (Lipinski definition) is 0. The number of fused-ring (bicyclic) bond motifs is 1. The molecular formula is C17H21NO4. The fourth-order valence-electron chi connectivity index (χ4n) is 2.80. The van der Waals surface area contributed by atoms with E-state index in [1.54, 1.807) is 14.0 Å². The Kier molecular flexibility index (Phi) is 4.54. The maximum atomic E-state index is 12.5. The second-order valence-electron chi connectivity index (χ2n) is 5.34. The molecule has 0 spiro atoms. The molecule has 5 nitrogen and oxygen atoms in total. The third-order valence-corrected chi connectivity index (χ3v) is 3.65. The van der Waals surface area contributed by atoms with E-state index in [1.165, 1.54) is 0 Å². The second-order valence-corrected chi connectivity index (χ2v) is 5.34. The first-order valence-corrected chi connectivity index (χ1v) is 7.32. The smallest absolute Gasteiger partial charge is 0.381 e. The van der Waals surface area contributed by atoms with Crippen molar-refractivity contribution < 1.29 is 19.1 Å². The molecule has 0 atom stereocenters. The number of carbonyl (C=O) groups is 2. The van der Waals surface area contributed by atoms with Gasteiger partial charge in [0.15, 0.2) is 0 Å². The molecule has 1 aromatic heterocycles. The number of methoxy groups -OCH3 is 1. The van der Waals surface area contributed by atoms with Gasteiger partial charge in [0.1, 0.15) is 11.4 Å². The largest absolute Gasteiger partial charge is 0.496 e. The Balaban J connectivity index is 2.78. The molecule has 0 unspecified atom stereocenters. The van der Waals surface area contributed by atoms with E-state index >= 15 is 0 Å². The van der Waals surface area contributed by atoms with Crippen LogP contribution in [0.5, 0.6) is 5.75 Å². The molecule has 0 amide bonds. The zero-order chi connectivity index (χ0) is 16.4. The van der Waals surface area contributed by atoms with Crippen molar-refractivity contribution in [3.63, 3.8) is 0 Å². The van der Waals surface area contributed by atoms with Gasteiger partial charge in [0.25, 0.3) is 5.78 Å². The van der Waals surface area contributed by atoms with Crippen LogP contribution in [0.4, 0.5) is 0 Å². The predicted octanol–water partition coefficient (Wildman–Crippen LogP) is 3.29. The summed E-state index contributed by atoms with van der Waals surface area (Å²) in [5.41, 5.74) is 1.98. The van der Waals surface area contributed by atoms with Crippen molar-refractivity contribution in [1.82, 2.24) is 4.57 Å². The highest BCUT2D eigenvalue weighted by Gasteiger charge is 2.28. The lowest BCUT2D eigenvalue weighted by molar-refractivity contribution is -0.137. The van der Waals surface area contributed by atoms with Crippen LogP contribution in [0.3, 0.4) is 0 Å². The number of ketones is 1. The Morgan fingerprint density at radius 3 is 2.50 bits per heavy atom. The summed E-state index contributed by atoms with van der Waals surface area (Å²) in [5.74, 6) is -0.757. The Labute approximate surface area is 129 Å². The first-order valence-electron chi connectivity index (χ1n) is 7.32. The molecule has 1 aromatic carbocycles. The molecule has 5 heteroatoms. The summed E-state index contributed by atoms with van der Waals surface area (Å²) in [4.78, 5) is 24.4. The fourth-order valence-corrected chi connectivity index (χ4v) is 2.80. The topological polar surface area (TPSA) is 57.5 Å². The van der Waals surface area contributed by atoms with E-state index in [4.69, 9.17) is 9.47 Å². The zero-order valence-corrected chi connectivity index (χ0v) is 13.6. The Morgan fingerprint density at radius 2 is 1.95 bits per heavy atom. The molecule has 0 saturated carbocycles. The number of rotatable bonds is 5. The predicted molar refractivity (Wildman–Crippen MR) is 84.6 cm³/mol. The van der Waals surface area contributed by atoms with Crippen molar-refractivity contribution >= 4 is 22.7 Å². The summed E-state index contributed by atoms with van der Waals surface area (Å²) in [6.07, 6.45) is 0. The van der Waals surface area contributed by atoms with Gasteiger partial charge in [0.2, 0.25) is 0 Å². The minimum atomic E-state index is -0.825. The molecule has 2 aromatic rings. The van der Waals surface area contributed by atoms with Crippen molar-refractivity contribution in [3.05, 3.63) is 29.5 Å². The maximum absolute atomic E-state index is 12.5. The summed E-state index contributed by atoms with van der Waals surface area (Å²) in [5, 5.41) is 0.853. The average Bonchev–Trinajstić information content (AvgIpc) is 2.80. The van der Waals surface area contributed by atoms with Gasteiger partial charge in [0, 0.05) is 11.4 Å². The number of benzene rings is 1. The maximum Gasteiger partial charge on any atom is 0.381 e. The van der Waals surface area contributed by atoms with Crippen LogP contribution in [0.2, 0.25) is 0 Å². The van der Waals surface area contributed by atoms with E-state index in [0.717, 1.165) is 16.5 Å². The quantitative estimate of drug-likeness (QED) is 0.483. The minimum Gasteiger partial charge on any atom is -0.496 e. The first-order chi connectivity index (χ1) is 10.4. The highest BCUT2D eigenvalue weighted by atomic mass is 16.5. The van der Waals surface area contributed by atoms with Gasteiger partial charge in [-0.3, -0.25) is 4.79 Å². The number of esters is 1. The molecule has 0 radical (unpaired) electrons. The standard InChI is InChI=1S/C17H21NO4/c1-6-22-17(20)16(19)15-11(4)14-12(18(15)10(2)3)8-7-9-13(14)21-5/h7-10H,6H2,1-5H3. The number of Topliss-reactive ketones (excluding diaryl/α,β-unsaturated/α-hetero) is 1. The van der Waals surface area contributed by atoms with Crippen LogP contribution in [0.1, 0.15) is 42.9 Å². The van der Waals surface area contributed by atoms with E-state index in [9.17, 15) is 9.59 Å². The van der Waals surface area contributed by atoms with E-state index in [-0.39, 0.29) is 12.6 Å². The van der Waals surface area contributed by atoms with Crippen molar-refractivity contribution in [2.24, 2.45) is 0 Å². The first kappa shape index (κ1) is 16.1. The van der Waals surface area contributed by atoms with Crippen LogP contribution in [-0.4, -0.2) is 30.0 Å². The van der Waals surface area contributed by atoms with Gasteiger partial charge in [-0.15, -0.1) is 0 Å². The van der Waals surface area contributed by atoms with Crippen molar-refractivity contribution in [3.8, 4) is 5.75 Å². The summed E-state index contributed by atoms with van der Waals surface area (Å²) >= 11 is 0. The van der Waals surface area contributed by atoms with Gasteiger partial charge in [0.05, 0.1) is 19.2 Å². The fraction of sp³-hybridized carbons (Fsp3) is 0.412. The van der Waals surface area contributed by atoms with Gasteiger partial charge in [-0.05, 0) is 45.4 Å². The van der Waals surface area contributed by atoms with Crippen LogP contribution in [0.25, 0.3) is 10.9 Å². The summed E-state index contributed by atoms with van der Waals surface area (Å²) in [6.45, 7) is 7.63. The molecule has 0 fully saturated rings. The van der Waals surface area contributed by atoms with E-state index in [2.05, 4.69) is 0 Å². The van der Waals surface area contributed by atoms with Crippen LogP contribution in [0.15, 0.2) is 18.2 Å². The Morgan fingerprint density at radius 1 is 1.27 bits per heavy atom. The number of carbonyl (C=O) groups excluding carboxylic acids is 2. The highest BCUT2D eigenvalue weighted by molar-refractivity contribution is 6.41. The zero-order valence-electron chi connectivity index (χ0n) is 13.6. The molecule has 0 aliphatic heterocycles. The van der Waals surface area contributed by atoms with Gasteiger partial charge in [-0.25, -0.2) is 4.79 Å². The van der Waals surface area contributed by atoms with Gasteiger partial charge in [-0.1, -0.05) is 6.07 Å². The molecule has 0 bridgehead atoms. The van der Waals surface area contributed by atoms with E-state index < -0.39 is 11.8 Å². The normalized spacial score (nSPS) is 11.0. The number of ether oxygens (including phenoxy) is 2.